The first-order chi connectivity index (χ1) is 9.47. The molecular weight excluding hydrogens is 433 g/mol. The Balaban J connectivity index is 2.35. The molecule has 0 unspecified atom stereocenters. The molecule has 0 aliphatic heterocycles. The Morgan fingerprint density at radius 1 is 1.15 bits per heavy atom. The third kappa shape index (κ3) is 2.36. The van der Waals surface area contributed by atoms with Gasteiger partial charge in [-0.1, -0.05) is 23.2 Å². The quantitative estimate of drug-likeness (QED) is 0.379. The van der Waals surface area contributed by atoms with Crippen LogP contribution in [0, 0.1) is 14.2 Å². The van der Waals surface area contributed by atoms with Crippen molar-refractivity contribution < 1.29 is 4.39 Å². The predicted molar refractivity (Wildman–Crippen MR) is 91.2 cm³/mol. The molecule has 0 fully saturated rings. The lowest BCUT2D eigenvalue weighted by molar-refractivity contribution is 0.622. The zero-order valence-electron chi connectivity index (χ0n) is 9.75. The minimum absolute atomic E-state index is 0.291. The predicted octanol–water partition coefficient (Wildman–Crippen LogP) is 5.74. The van der Waals surface area contributed by atoms with Crippen LogP contribution in [0.25, 0.3) is 16.7 Å². The van der Waals surface area contributed by atoms with E-state index in [2.05, 4.69) is 4.98 Å². The van der Waals surface area contributed by atoms with E-state index in [-0.39, 0.29) is 5.82 Å². The molecule has 0 spiro atoms. The molecule has 0 amide bonds. The van der Waals surface area contributed by atoms with E-state index < -0.39 is 0 Å². The Morgan fingerprint density at radius 2 is 1.90 bits per heavy atom. The number of aromatic nitrogens is 2. The van der Waals surface area contributed by atoms with Gasteiger partial charge in [0.2, 0.25) is 0 Å². The summed E-state index contributed by atoms with van der Waals surface area (Å²) in [5.41, 5.74) is 2.16. The molecule has 1 N–H and O–H groups in total. The van der Waals surface area contributed by atoms with Crippen molar-refractivity contribution in [3.8, 4) is 5.69 Å². The van der Waals surface area contributed by atoms with Gasteiger partial charge in [0.25, 0.3) is 0 Å². The van der Waals surface area contributed by atoms with Gasteiger partial charge < -0.3 is 4.98 Å². The topological polar surface area (TPSA) is 20.7 Å². The van der Waals surface area contributed by atoms with Crippen molar-refractivity contribution in [2.45, 2.75) is 0 Å². The number of fused-ring (bicyclic) bond motifs is 1. The summed E-state index contributed by atoms with van der Waals surface area (Å²) >= 11 is 19.2. The zero-order chi connectivity index (χ0) is 14.4. The highest BCUT2D eigenvalue weighted by Crippen LogP contribution is 2.28. The zero-order valence-corrected chi connectivity index (χ0v) is 14.2. The fourth-order valence-corrected chi connectivity index (χ4v) is 3.06. The molecule has 20 heavy (non-hydrogen) atoms. The van der Waals surface area contributed by atoms with Gasteiger partial charge >= 0.3 is 0 Å². The molecule has 7 heteroatoms. The van der Waals surface area contributed by atoms with Crippen LogP contribution in [0.2, 0.25) is 10.0 Å². The number of halogens is 4. The first kappa shape index (κ1) is 14.3. The Morgan fingerprint density at radius 3 is 2.60 bits per heavy atom. The number of nitrogens with zero attached hydrogens (tertiary/aromatic N) is 1. The second-order valence-corrected chi connectivity index (χ2v) is 6.51. The van der Waals surface area contributed by atoms with E-state index in [1.54, 1.807) is 28.8 Å². The van der Waals surface area contributed by atoms with E-state index in [9.17, 15) is 4.39 Å². The van der Waals surface area contributed by atoms with Crippen LogP contribution in [-0.4, -0.2) is 9.55 Å². The highest BCUT2D eigenvalue weighted by Gasteiger charge is 2.11. The van der Waals surface area contributed by atoms with Crippen molar-refractivity contribution >= 4 is 69.0 Å². The van der Waals surface area contributed by atoms with Crippen molar-refractivity contribution in [2.24, 2.45) is 0 Å². The number of nitrogens with one attached hydrogen (secondary N) is 1. The van der Waals surface area contributed by atoms with Crippen molar-refractivity contribution in [3.05, 3.63) is 54.5 Å². The SMILES string of the molecule is Fc1cc2c(cc1I)[nH]c(=S)n2-c1ccc(Cl)c(Cl)c1. The summed E-state index contributed by atoms with van der Waals surface area (Å²) in [6.45, 7) is 0. The number of benzene rings is 2. The van der Waals surface area contributed by atoms with Gasteiger partial charge in [-0.15, -0.1) is 0 Å². The summed E-state index contributed by atoms with van der Waals surface area (Å²) in [5, 5.41) is 0.883. The fraction of sp³-hybridized carbons (Fsp3) is 0. The first-order valence-corrected chi connectivity index (χ1v) is 7.77. The summed E-state index contributed by atoms with van der Waals surface area (Å²) in [4.78, 5) is 3.06. The number of H-pyrrole nitrogens is 1. The van der Waals surface area contributed by atoms with E-state index in [1.165, 1.54) is 6.07 Å². The Labute approximate surface area is 142 Å². The Kier molecular flexibility index (Phi) is 3.79. The summed E-state index contributed by atoms with van der Waals surface area (Å²) < 4.78 is 16.5. The number of rotatable bonds is 1. The normalized spacial score (nSPS) is 11.2. The molecule has 3 rings (SSSR count). The summed E-state index contributed by atoms with van der Waals surface area (Å²) in [6.07, 6.45) is 0. The molecule has 3 aromatic rings. The van der Waals surface area contributed by atoms with Gasteiger partial charge in [0.05, 0.1) is 30.3 Å². The van der Waals surface area contributed by atoms with E-state index in [0.29, 0.717) is 23.9 Å². The Hall–Kier alpha value is -0.630. The number of hydrogen-bond acceptors (Lipinski definition) is 1. The van der Waals surface area contributed by atoms with Crippen LogP contribution in [0.15, 0.2) is 30.3 Å². The minimum Gasteiger partial charge on any atom is -0.330 e. The molecule has 2 nitrogen and oxygen atoms in total. The van der Waals surface area contributed by atoms with Gasteiger partial charge in [0.15, 0.2) is 4.77 Å². The molecule has 1 aromatic heterocycles. The van der Waals surface area contributed by atoms with E-state index in [0.717, 1.165) is 11.2 Å². The fourth-order valence-electron chi connectivity index (χ4n) is 1.98. The highest BCUT2D eigenvalue weighted by atomic mass is 127. The van der Waals surface area contributed by atoms with Crippen LogP contribution in [0.5, 0.6) is 0 Å². The molecule has 102 valence electrons. The molecule has 0 atom stereocenters. The second kappa shape index (κ2) is 5.29. The molecule has 0 aliphatic rings. The lowest BCUT2D eigenvalue weighted by Crippen LogP contribution is -1.94. The van der Waals surface area contributed by atoms with Crippen LogP contribution in [-0.2, 0) is 0 Å². The molecule has 1 heterocycles. The maximum atomic E-state index is 13.8. The number of imidazole rings is 1. The average Bonchev–Trinajstić information content (AvgIpc) is 2.69. The van der Waals surface area contributed by atoms with E-state index in [4.69, 9.17) is 35.4 Å². The Bertz CT molecular complexity index is 888. The maximum absolute atomic E-state index is 13.8. The lowest BCUT2D eigenvalue weighted by Gasteiger charge is -2.06. The van der Waals surface area contributed by atoms with Gasteiger partial charge in [0, 0.05) is 6.07 Å². The van der Waals surface area contributed by atoms with Crippen LogP contribution in [0.3, 0.4) is 0 Å². The largest absolute Gasteiger partial charge is 0.330 e. The summed E-state index contributed by atoms with van der Waals surface area (Å²) in [6, 6.07) is 8.33. The average molecular weight is 439 g/mol. The van der Waals surface area contributed by atoms with Gasteiger partial charge in [-0.2, -0.15) is 0 Å². The number of hydrogen-bond donors (Lipinski definition) is 1. The van der Waals surface area contributed by atoms with Crippen molar-refractivity contribution in [2.75, 3.05) is 0 Å². The first-order valence-electron chi connectivity index (χ1n) is 5.52. The smallest absolute Gasteiger partial charge is 0.182 e. The molecule has 0 radical (unpaired) electrons. The van der Waals surface area contributed by atoms with Crippen LogP contribution in [0.4, 0.5) is 4.39 Å². The number of aromatic amines is 1. The van der Waals surface area contributed by atoms with Crippen molar-refractivity contribution in [1.29, 1.82) is 0 Å². The molecule has 2 aromatic carbocycles. The molecule has 0 aliphatic carbocycles. The third-order valence-electron chi connectivity index (χ3n) is 2.89. The molecular formula is C13H6Cl2FIN2S. The van der Waals surface area contributed by atoms with E-state index >= 15 is 0 Å². The van der Waals surface area contributed by atoms with Gasteiger partial charge in [-0.3, -0.25) is 4.57 Å². The van der Waals surface area contributed by atoms with Gasteiger partial charge in [-0.25, -0.2) is 4.39 Å². The molecule has 0 saturated carbocycles. The molecule has 0 bridgehead atoms. The minimum atomic E-state index is -0.291. The van der Waals surface area contributed by atoms with Gasteiger partial charge in [0.1, 0.15) is 5.82 Å². The standard InChI is InChI=1S/C13H6Cl2FIN2S/c14-7-2-1-6(3-8(7)15)19-12-4-9(16)10(17)5-11(12)18-13(19)20/h1-5H,(H,18,20). The molecule has 0 saturated heterocycles. The summed E-state index contributed by atoms with van der Waals surface area (Å²) in [7, 11) is 0. The van der Waals surface area contributed by atoms with Crippen LogP contribution >= 0.6 is 58.0 Å². The second-order valence-electron chi connectivity index (χ2n) is 4.15. The monoisotopic (exact) mass is 438 g/mol. The van der Waals surface area contributed by atoms with Crippen molar-refractivity contribution in [3.63, 3.8) is 0 Å². The highest BCUT2D eigenvalue weighted by molar-refractivity contribution is 14.1. The van der Waals surface area contributed by atoms with Crippen LogP contribution < -0.4 is 0 Å². The lowest BCUT2D eigenvalue weighted by atomic mass is 10.2. The van der Waals surface area contributed by atoms with Crippen LogP contribution in [0.1, 0.15) is 0 Å². The van der Waals surface area contributed by atoms with E-state index in [1.807, 2.05) is 22.6 Å². The maximum Gasteiger partial charge on any atom is 0.182 e. The third-order valence-corrected chi connectivity index (χ3v) is 4.74. The summed E-state index contributed by atoms with van der Waals surface area (Å²) in [5.74, 6) is -0.291. The van der Waals surface area contributed by atoms with Gasteiger partial charge in [-0.05, 0) is 59.1 Å². The van der Waals surface area contributed by atoms with Crippen molar-refractivity contribution in [1.82, 2.24) is 9.55 Å².